The van der Waals surface area contributed by atoms with Gasteiger partial charge < -0.3 is 21.9 Å². The topological polar surface area (TPSA) is 44.0 Å². The van der Waals surface area contributed by atoms with Gasteiger partial charge in [-0.1, -0.05) is 6.07 Å². The molecule has 0 radical (unpaired) electrons. The summed E-state index contributed by atoms with van der Waals surface area (Å²) in [5, 5.41) is 5.56. The van der Waals surface area contributed by atoms with Crippen LogP contribution in [0.15, 0.2) is 24.3 Å². The molecule has 1 aromatic rings. The van der Waals surface area contributed by atoms with Crippen molar-refractivity contribution < 1.29 is 27.3 Å². The molecule has 0 heterocycles. The number of ether oxygens (including phenoxy) is 2. The molecule has 72 valence electrons. The van der Waals surface area contributed by atoms with Crippen LogP contribution < -0.4 is 22.6 Å². The molecule has 0 spiro atoms. The Morgan fingerprint density at radius 3 is 2.54 bits per heavy atom. The van der Waals surface area contributed by atoms with Gasteiger partial charge in [0.05, 0.1) is 19.8 Å². The van der Waals surface area contributed by atoms with E-state index in [-0.39, 0.29) is 12.4 Å². The van der Waals surface area contributed by atoms with Crippen molar-refractivity contribution in [2.45, 2.75) is 0 Å². The van der Waals surface area contributed by atoms with E-state index < -0.39 is 0 Å². The number of halogens is 1. The lowest BCUT2D eigenvalue weighted by Gasteiger charge is -2.00. The van der Waals surface area contributed by atoms with Gasteiger partial charge in [0.25, 0.3) is 0 Å². The van der Waals surface area contributed by atoms with Crippen LogP contribution in [0.2, 0.25) is 0 Å². The molecule has 0 saturated carbocycles. The summed E-state index contributed by atoms with van der Waals surface area (Å²) in [5.41, 5.74) is 0.830. The minimum atomic E-state index is 0. The molecule has 0 atom stereocenters. The Hall–Kier alpha value is -1.22. The van der Waals surface area contributed by atoms with Crippen LogP contribution in [0.5, 0.6) is 5.75 Å². The Balaban J connectivity index is 0.00000144. The number of nitrogens with two attached hydrogens (primary N) is 1. The number of methoxy groups -OCH3 is 2. The molecule has 0 fully saturated rings. The Bertz CT molecular complexity index is 289. The monoisotopic (exact) mass is 201 g/mol. The highest BCUT2D eigenvalue weighted by molar-refractivity contribution is 5.89. The average molecular weight is 202 g/mol. The predicted molar refractivity (Wildman–Crippen MR) is 46.0 cm³/mol. The molecule has 0 saturated heterocycles. The third kappa shape index (κ3) is 2.95. The van der Waals surface area contributed by atoms with Gasteiger partial charge in [-0.25, -0.2) is 5.41 Å². The van der Waals surface area contributed by atoms with E-state index in [0.29, 0.717) is 5.90 Å². The highest BCUT2D eigenvalue weighted by atomic mass is 35.5. The van der Waals surface area contributed by atoms with Crippen molar-refractivity contribution >= 4 is 5.90 Å². The third-order valence-corrected chi connectivity index (χ3v) is 1.57. The van der Waals surface area contributed by atoms with Crippen molar-refractivity contribution in [3.8, 4) is 5.75 Å². The van der Waals surface area contributed by atoms with Crippen molar-refractivity contribution in [2.24, 2.45) is 0 Å². The van der Waals surface area contributed by atoms with E-state index >= 15 is 0 Å². The zero-order chi connectivity index (χ0) is 8.97. The molecule has 3 nitrogen and oxygen atoms in total. The van der Waals surface area contributed by atoms with E-state index in [1.807, 2.05) is 24.3 Å². The van der Waals surface area contributed by atoms with Crippen LogP contribution in [-0.4, -0.2) is 20.1 Å². The van der Waals surface area contributed by atoms with Gasteiger partial charge >= 0.3 is 5.90 Å². The molecule has 1 rings (SSSR count). The van der Waals surface area contributed by atoms with Crippen molar-refractivity contribution in [1.82, 2.24) is 0 Å². The van der Waals surface area contributed by atoms with Crippen LogP contribution in [-0.2, 0) is 4.74 Å². The third-order valence-electron chi connectivity index (χ3n) is 1.57. The fourth-order valence-corrected chi connectivity index (χ4v) is 0.894. The van der Waals surface area contributed by atoms with E-state index in [9.17, 15) is 0 Å². The largest absolute Gasteiger partial charge is 1.00 e. The van der Waals surface area contributed by atoms with Crippen molar-refractivity contribution in [1.29, 1.82) is 0 Å². The average Bonchev–Trinajstić information content (AvgIpc) is 2.17. The molecular formula is C9H12ClNO2. The van der Waals surface area contributed by atoms with Gasteiger partial charge in [0.1, 0.15) is 5.75 Å². The molecule has 0 bridgehead atoms. The van der Waals surface area contributed by atoms with Crippen LogP contribution in [0, 0.1) is 0 Å². The normalized spacial score (nSPS) is 8.46. The van der Waals surface area contributed by atoms with Gasteiger partial charge in [-0.15, -0.1) is 0 Å². The molecule has 0 aliphatic heterocycles. The molecule has 0 aliphatic rings. The van der Waals surface area contributed by atoms with Crippen LogP contribution in [0.3, 0.4) is 0 Å². The van der Waals surface area contributed by atoms with Crippen LogP contribution in [0.1, 0.15) is 5.56 Å². The molecular weight excluding hydrogens is 190 g/mol. The standard InChI is InChI=1S/C9H11NO2.ClH/c1-11-8-5-3-4-7(6-8)9(10)12-2;/h3-6,10H,1-2H3;1H. The highest BCUT2D eigenvalue weighted by Gasteiger charge is 2.06. The lowest BCUT2D eigenvalue weighted by molar-refractivity contribution is -0.135. The lowest BCUT2D eigenvalue weighted by atomic mass is 10.2. The Morgan fingerprint density at radius 2 is 2.00 bits per heavy atom. The van der Waals surface area contributed by atoms with Crippen molar-refractivity contribution in [3.63, 3.8) is 0 Å². The molecule has 2 N–H and O–H groups in total. The Kier molecular flexibility index (Phi) is 4.92. The quantitative estimate of drug-likeness (QED) is 0.406. The number of rotatable bonds is 2. The minimum Gasteiger partial charge on any atom is -1.00 e. The minimum absolute atomic E-state index is 0. The predicted octanol–water partition coefficient (Wildman–Crippen LogP) is -3.15. The van der Waals surface area contributed by atoms with E-state index in [4.69, 9.17) is 14.9 Å². The number of hydrogen-bond acceptors (Lipinski definition) is 2. The lowest BCUT2D eigenvalue weighted by Crippen LogP contribution is -3.00. The maximum atomic E-state index is 5.56. The first-order valence-corrected chi connectivity index (χ1v) is 3.58. The SMILES string of the molecule is COC(=[NH2+])c1cccc(OC)c1.[Cl-]. The maximum Gasteiger partial charge on any atom is 0.366 e. The molecule has 0 aliphatic carbocycles. The van der Waals surface area contributed by atoms with E-state index in [0.717, 1.165) is 11.3 Å². The first-order valence-electron chi connectivity index (χ1n) is 3.58. The van der Waals surface area contributed by atoms with E-state index in [2.05, 4.69) is 0 Å². The second-order valence-corrected chi connectivity index (χ2v) is 2.30. The summed E-state index contributed by atoms with van der Waals surface area (Å²) in [6.45, 7) is 0. The van der Waals surface area contributed by atoms with Gasteiger partial charge in [-0.2, -0.15) is 0 Å². The molecule has 1 aromatic carbocycles. The van der Waals surface area contributed by atoms with Crippen LogP contribution >= 0.6 is 0 Å². The van der Waals surface area contributed by atoms with Crippen molar-refractivity contribution in [3.05, 3.63) is 29.8 Å². The van der Waals surface area contributed by atoms with Crippen LogP contribution in [0.4, 0.5) is 0 Å². The smallest absolute Gasteiger partial charge is 0.366 e. The summed E-state index contributed by atoms with van der Waals surface area (Å²) >= 11 is 0. The highest BCUT2D eigenvalue weighted by Crippen LogP contribution is 2.11. The summed E-state index contributed by atoms with van der Waals surface area (Å²) in [4.78, 5) is 0. The Labute approximate surface area is 83.6 Å². The zero-order valence-corrected chi connectivity index (χ0v) is 8.34. The van der Waals surface area contributed by atoms with Crippen LogP contribution in [0.25, 0.3) is 0 Å². The van der Waals surface area contributed by atoms with Crippen molar-refractivity contribution in [2.75, 3.05) is 14.2 Å². The summed E-state index contributed by atoms with van der Waals surface area (Å²) in [5.74, 6) is 1.17. The van der Waals surface area contributed by atoms with E-state index in [1.165, 1.54) is 7.11 Å². The van der Waals surface area contributed by atoms with Gasteiger partial charge in [-0.3, -0.25) is 0 Å². The number of benzene rings is 1. The fourth-order valence-electron chi connectivity index (χ4n) is 0.894. The summed E-state index contributed by atoms with van der Waals surface area (Å²) in [7, 11) is 3.15. The number of hydrogen-bond donors (Lipinski definition) is 1. The Morgan fingerprint density at radius 1 is 1.31 bits per heavy atom. The van der Waals surface area contributed by atoms with Gasteiger partial charge in [0, 0.05) is 0 Å². The first kappa shape index (κ1) is 11.8. The first-order chi connectivity index (χ1) is 5.77. The molecule has 4 heteroatoms. The van der Waals surface area contributed by atoms with Gasteiger partial charge in [0.2, 0.25) is 0 Å². The molecule has 0 amide bonds. The fraction of sp³-hybridized carbons (Fsp3) is 0.222. The molecule has 0 unspecified atom stereocenters. The second-order valence-electron chi connectivity index (χ2n) is 2.30. The molecule has 13 heavy (non-hydrogen) atoms. The summed E-state index contributed by atoms with van der Waals surface area (Å²) in [6, 6.07) is 7.40. The second kappa shape index (κ2) is 5.43. The van der Waals surface area contributed by atoms with E-state index in [1.54, 1.807) is 7.11 Å². The van der Waals surface area contributed by atoms with Gasteiger partial charge in [-0.05, 0) is 18.2 Å². The maximum absolute atomic E-state index is 5.56. The molecule has 0 aromatic heterocycles. The summed E-state index contributed by atoms with van der Waals surface area (Å²) < 4.78 is 9.90. The summed E-state index contributed by atoms with van der Waals surface area (Å²) in [6.07, 6.45) is 0. The van der Waals surface area contributed by atoms with Gasteiger partial charge in [0.15, 0.2) is 0 Å². The zero-order valence-electron chi connectivity index (χ0n) is 7.58.